The smallest absolute Gasteiger partial charge is 0.315 e. The highest BCUT2D eigenvalue weighted by atomic mass is 16.5. The third-order valence-corrected chi connectivity index (χ3v) is 3.10. The lowest BCUT2D eigenvalue weighted by Crippen LogP contribution is -2.37. The van der Waals surface area contributed by atoms with Crippen molar-refractivity contribution in [1.82, 2.24) is 10.6 Å². The van der Waals surface area contributed by atoms with E-state index in [0.717, 1.165) is 5.56 Å². The van der Waals surface area contributed by atoms with Crippen molar-refractivity contribution in [2.45, 2.75) is 19.4 Å². The minimum atomic E-state index is -0.297. The first kappa shape index (κ1) is 15.1. The number of urea groups is 1. The second-order valence-electron chi connectivity index (χ2n) is 4.79. The van der Waals surface area contributed by atoms with Crippen LogP contribution >= 0.6 is 0 Å². The predicted octanol–water partition coefficient (Wildman–Crippen LogP) is 0.760. The van der Waals surface area contributed by atoms with Crippen LogP contribution in [0, 0.1) is 0 Å². The van der Waals surface area contributed by atoms with E-state index in [1.54, 1.807) is 12.1 Å². The fourth-order valence-electron chi connectivity index (χ4n) is 1.98. The average Bonchev–Trinajstić information content (AvgIpc) is 2.46. The summed E-state index contributed by atoms with van der Waals surface area (Å²) in [7, 11) is 0. The van der Waals surface area contributed by atoms with E-state index in [1.165, 1.54) is 0 Å². The lowest BCUT2D eigenvalue weighted by molar-refractivity contribution is -0.118. The summed E-state index contributed by atoms with van der Waals surface area (Å²) in [5, 5.41) is 16.8. The number of aliphatic hydroxyl groups excluding tert-OH is 1. The largest absolute Gasteiger partial charge is 0.482 e. The highest BCUT2D eigenvalue weighted by Crippen LogP contribution is 2.30. The van der Waals surface area contributed by atoms with Gasteiger partial charge in [0.05, 0.1) is 11.7 Å². The van der Waals surface area contributed by atoms with Crippen LogP contribution < -0.4 is 20.7 Å². The number of aliphatic hydroxyl groups is 1. The number of rotatable bonds is 5. The number of fused-ring (bicyclic) bond motifs is 1. The Hall–Kier alpha value is -2.28. The average molecular weight is 293 g/mol. The van der Waals surface area contributed by atoms with Crippen LogP contribution in [-0.4, -0.2) is 36.8 Å². The molecule has 0 saturated heterocycles. The Bertz CT molecular complexity index is 533. The number of hydrogen-bond donors (Lipinski definition) is 4. The van der Waals surface area contributed by atoms with Crippen molar-refractivity contribution in [3.8, 4) is 5.75 Å². The number of carbonyl (C=O) groups is 2. The third-order valence-electron chi connectivity index (χ3n) is 3.10. The summed E-state index contributed by atoms with van der Waals surface area (Å²) < 4.78 is 5.28. The summed E-state index contributed by atoms with van der Waals surface area (Å²) >= 11 is 0. The van der Waals surface area contributed by atoms with E-state index >= 15 is 0 Å². The fourth-order valence-corrected chi connectivity index (χ4v) is 1.98. The van der Waals surface area contributed by atoms with Gasteiger partial charge in [-0.1, -0.05) is 6.07 Å². The van der Waals surface area contributed by atoms with E-state index < -0.39 is 0 Å². The maximum Gasteiger partial charge on any atom is 0.315 e. The molecule has 0 spiro atoms. The van der Waals surface area contributed by atoms with Gasteiger partial charge in [0.25, 0.3) is 5.91 Å². The van der Waals surface area contributed by atoms with Crippen LogP contribution in [0.25, 0.3) is 0 Å². The van der Waals surface area contributed by atoms with Crippen LogP contribution in [0.5, 0.6) is 5.75 Å². The minimum Gasteiger partial charge on any atom is -0.482 e. The highest BCUT2D eigenvalue weighted by Gasteiger charge is 2.18. The molecule has 1 aromatic carbocycles. The fraction of sp³-hybridized carbons (Fsp3) is 0.429. The van der Waals surface area contributed by atoms with Crippen LogP contribution in [-0.2, 0) is 4.79 Å². The predicted molar refractivity (Wildman–Crippen MR) is 77.2 cm³/mol. The van der Waals surface area contributed by atoms with E-state index in [1.807, 2.05) is 13.0 Å². The summed E-state index contributed by atoms with van der Waals surface area (Å²) in [6.07, 6.45) is 0.518. The summed E-state index contributed by atoms with van der Waals surface area (Å²) in [5.74, 6) is 0.431. The van der Waals surface area contributed by atoms with Crippen LogP contribution in [0.15, 0.2) is 18.2 Å². The van der Waals surface area contributed by atoms with Gasteiger partial charge < -0.3 is 25.8 Å². The molecule has 1 aliphatic heterocycles. The van der Waals surface area contributed by atoms with Crippen LogP contribution in [0.3, 0.4) is 0 Å². The monoisotopic (exact) mass is 293 g/mol. The first-order valence-corrected chi connectivity index (χ1v) is 6.82. The van der Waals surface area contributed by atoms with Crippen molar-refractivity contribution in [3.05, 3.63) is 23.8 Å². The van der Waals surface area contributed by atoms with Crippen molar-refractivity contribution >= 4 is 17.6 Å². The van der Waals surface area contributed by atoms with Gasteiger partial charge in [0.1, 0.15) is 5.75 Å². The third kappa shape index (κ3) is 4.09. The molecule has 0 saturated carbocycles. The number of ether oxygens (including phenoxy) is 1. The molecule has 114 valence electrons. The van der Waals surface area contributed by atoms with Gasteiger partial charge in [-0.2, -0.15) is 0 Å². The van der Waals surface area contributed by atoms with Crippen molar-refractivity contribution in [2.75, 3.05) is 25.1 Å². The number of hydrogen-bond acceptors (Lipinski definition) is 4. The van der Waals surface area contributed by atoms with Crippen molar-refractivity contribution in [3.63, 3.8) is 0 Å². The zero-order valence-corrected chi connectivity index (χ0v) is 11.8. The van der Waals surface area contributed by atoms with Crippen LogP contribution in [0.1, 0.15) is 24.9 Å². The molecule has 0 aromatic heterocycles. The SMILES string of the molecule is C[C@@H](NC(=O)NCCCO)c1ccc2c(c1)NC(=O)CO2. The van der Waals surface area contributed by atoms with E-state index in [2.05, 4.69) is 16.0 Å². The summed E-state index contributed by atoms with van der Waals surface area (Å²) in [6.45, 7) is 2.33. The Morgan fingerprint density at radius 3 is 3.10 bits per heavy atom. The second-order valence-corrected chi connectivity index (χ2v) is 4.79. The molecule has 7 heteroatoms. The first-order chi connectivity index (χ1) is 10.1. The Morgan fingerprint density at radius 2 is 2.33 bits per heavy atom. The molecule has 3 amide bonds. The maximum absolute atomic E-state index is 11.6. The Morgan fingerprint density at radius 1 is 1.52 bits per heavy atom. The summed E-state index contributed by atoms with van der Waals surface area (Å²) in [6, 6.07) is 4.88. The van der Waals surface area contributed by atoms with E-state index in [4.69, 9.17) is 9.84 Å². The topological polar surface area (TPSA) is 99.7 Å². The number of carbonyl (C=O) groups excluding carboxylic acids is 2. The lowest BCUT2D eigenvalue weighted by atomic mass is 10.1. The molecule has 1 aromatic rings. The lowest BCUT2D eigenvalue weighted by Gasteiger charge is -2.21. The molecule has 0 fully saturated rings. The molecule has 1 aliphatic rings. The second kappa shape index (κ2) is 6.94. The van der Waals surface area contributed by atoms with Crippen molar-refractivity contribution in [1.29, 1.82) is 0 Å². The molecule has 2 rings (SSSR count). The van der Waals surface area contributed by atoms with E-state index in [9.17, 15) is 9.59 Å². The maximum atomic E-state index is 11.6. The quantitative estimate of drug-likeness (QED) is 0.602. The molecule has 0 unspecified atom stereocenters. The van der Waals surface area contributed by atoms with Crippen molar-refractivity contribution in [2.24, 2.45) is 0 Å². The van der Waals surface area contributed by atoms with Gasteiger partial charge in [-0.3, -0.25) is 4.79 Å². The zero-order chi connectivity index (χ0) is 15.2. The number of anilines is 1. The Kier molecular flexibility index (Phi) is 4.99. The molecule has 0 aliphatic carbocycles. The Labute approximate surface area is 122 Å². The van der Waals surface area contributed by atoms with Crippen LogP contribution in [0.2, 0.25) is 0 Å². The minimum absolute atomic E-state index is 0.0212. The molecular formula is C14H19N3O4. The highest BCUT2D eigenvalue weighted by molar-refractivity contribution is 5.95. The number of nitrogens with one attached hydrogen (secondary N) is 3. The molecule has 7 nitrogen and oxygen atoms in total. The molecule has 21 heavy (non-hydrogen) atoms. The molecule has 4 N–H and O–H groups in total. The zero-order valence-electron chi connectivity index (χ0n) is 11.8. The Balaban J connectivity index is 1.96. The van der Waals surface area contributed by atoms with Crippen molar-refractivity contribution < 1.29 is 19.4 Å². The van der Waals surface area contributed by atoms with Gasteiger partial charge in [0.2, 0.25) is 0 Å². The van der Waals surface area contributed by atoms with Crippen LogP contribution in [0.4, 0.5) is 10.5 Å². The van der Waals surface area contributed by atoms with Gasteiger partial charge in [-0.25, -0.2) is 4.79 Å². The standard InChI is InChI=1S/C14H19N3O4/c1-9(16-14(20)15-5-2-6-18)10-3-4-12-11(7-10)17-13(19)8-21-12/h3-4,7,9,18H,2,5-6,8H2,1H3,(H,17,19)(H2,15,16,20)/t9-/m1/s1. The molecular weight excluding hydrogens is 274 g/mol. The van der Waals surface area contributed by atoms with Gasteiger partial charge in [0, 0.05) is 13.2 Å². The summed E-state index contributed by atoms with van der Waals surface area (Å²) in [5.41, 5.74) is 1.47. The van der Waals surface area contributed by atoms with E-state index in [-0.39, 0.29) is 31.2 Å². The first-order valence-electron chi connectivity index (χ1n) is 6.82. The molecule has 1 atom stereocenters. The summed E-state index contributed by atoms with van der Waals surface area (Å²) in [4.78, 5) is 22.9. The normalized spacial score (nSPS) is 14.5. The van der Waals surface area contributed by atoms with E-state index in [0.29, 0.717) is 24.4 Å². The molecule has 0 bridgehead atoms. The van der Waals surface area contributed by atoms with Gasteiger partial charge in [0.15, 0.2) is 6.61 Å². The number of benzene rings is 1. The molecule has 0 radical (unpaired) electrons. The van der Waals surface area contributed by atoms with Gasteiger partial charge in [-0.05, 0) is 31.0 Å². The van der Waals surface area contributed by atoms with Gasteiger partial charge >= 0.3 is 6.03 Å². The molecule has 1 heterocycles. The van der Waals surface area contributed by atoms with Gasteiger partial charge in [-0.15, -0.1) is 0 Å². The number of amides is 3.